The van der Waals surface area contributed by atoms with E-state index in [2.05, 4.69) is 4.74 Å². The Hall–Kier alpha value is -0.900. The zero-order chi connectivity index (χ0) is 9.07. The van der Waals surface area contributed by atoms with E-state index in [0.717, 1.165) is 0 Å². The lowest BCUT2D eigenvalue weighted by Crippen LogP contribution is -2.35. The Kier molecular flexibility index (Phi) is 3.19. The van der Waals surface area contributed by atoms with Crippen molar-refractivity contribution in [3.8, 4) is 0 Å². The minimum absolute atomic E-state index is 0.153. The highest BCUT2D eigenvalue weighted by atomic mass is 16.5. The van der Waals surface area contributed by atoms with Gasteiger partial charge in [-0.3, -0.25) is 9.59 Å². The normalized spacial score (nSPS) is 11.2. The number of Topliss-reactive ketones (excluding diaryl/α,β-unsaturated/α-hetero) is 1. The SMILES string of the molecule is COCC(=O)C(C)(C)C(=O)O. The van der Waals surface area contributed by atoms with Gasteiger partial charge in [-0.1, -0.05) is 0 Å². The topological polar surface area (TPSA) is 63.6 Å². The molecule has 64 valence electrons. The van der Waals surface area contributed by atoms with Gasteiger partial charge in [0.2, 0.25) is 0 Å². The Morgan fingerprint density at radius 3 is 2.18 bits per heavy atom. The number of carbonyl (C=O) groups is 2. The van der Waals surface area contributed by atoms with Crippen molar-refractivity contribution in [3.63, 3.8) is 0 Å². The van der Waals surface area contributed by atoms with Gasteiger partial charge in [0.15, 0.2) is 5.78 Å². The van der Waals surface area contributed by atoms with Gasteiger partial charge in [0, 0.05) is 7.11 Å². The maximum atomic E-state index is 11.0. The number of hydrogen-bond donors (Lipinski definition) is 1. The van der Waals surface area contributed by atoms with E-state index in [-0.39, 0.29) is 6.61 Å². The lowest BCUT2D eigenvalue weighted by Gasteiger charge is -2.16. The Labute approximate surface area is 65.2 Å². The van der Waals surface area contributed by atoms with Crippen LogP contribution < -0.4 is 0 Å². The molecule has 0 saturated heterocycles. The molecule has 1 N–H and O–H groups in total. The van der Waals surface area contributed by atoms with Crippen molar-refractivity contribution < 1.29 is 19.4 Å². The second kappa shape index (κ2) is 3.48. The molecular weight excluding hydrogens is 148 g/mol. The molecule has 0 aromatic rings. The maximum Gasteiger partial charge on any atom is 0.316 e. The van der Waals surface area contributed by atoms with Gasteiger partial charge in [0.25, 0.3) is 0 Å². The summed E-state index contributed by atoms with van der Waals surface area (Å²) in [6.45, 7) is 2.56. The highest BCUT2D eigenvalue weighted by Crippen LogP contribution is 2.16. The van der Waals surface area contributed by atoms with Crippen LogP contribution >= 0.6 is 0 Å². The third kappa shape index (κ3) is 2.31. The van der Waals surface area contributed by atoms with Crippen molar-refractivity contribution in [1.29, 1.82) is 0 Å². The first-order valence-corrected chi connectivity index (χ1v) is 3.18. The van der Waals surface area contributed by atoms with Crippen LogP contribution in [0, 0.1) is 5.41 Å². The van der Waals surface area contributed by atoms with Gasteiger partial charge in [-0.05, 0) is 13.8 Å². The summed E-state index contributed by atoms with van der Waals surface area (Å²) in [5, 5.41) is 8.56. The molecule has 0 bridgehead atoms. The molecule has 0 heterocycles. The molecule has 4 nitrogen and oxygen atoms in total. The number of aliphatic carboxylic acids is 1. The summed E-state index contributed by atoms with van der Waals surface area (Å²) >= 11 is 0. The van der Waals surface area contributed by atoms with Crippen LogP contribution in [0.15, 0.2) is 0 Å². The van der Waals surface area contributed by atoms with E-state index in [1.165, 1.54) is 21.0 Å². The van der Waals surface area contributed by atoms with E-state index in [9.17, 15) is 9.59 Å². The fourth-order valence-corrected chi connectivity index (χ4v) is 0.431. The zero-order valence-electron chi connectivity index (χ0n) is 6.88. The fourth-order valence-electron chi connectivity index (χ4n) is 0.431. The number of hydrogen-bond acceptors (Lipinski definition) is 3. The number of rotatable bonds is 4. The van der Waals surface area contributed by atoms with Gasteiger partial charge >= 0.3 is 5.97 Å². The molecule has 0 atom stereocenters. The standard InChI is InChI=1S/C7H12O4/c1-7(2,6(9)10)5(8)4-11-3/h4H2,1-3H3,(H,9,10). The molecule has 0 spiro atoms. The Morgan fingerprint density at radius 1 is 1.45 bits per heavy atom. The van der Waals surface area contributed by atoms with Crippen molar-refractivity contribution >= 4 is 11.8 Å². The molecule has 0 aliphatic heterocycles. The smallest absolute Gasteiger partial charge is 0.316 e. The minimum Gasteiger partial charge on any atom is -0.481 e. The summed E-state index contributed by atoms with van der Waals surface area (Å²) in [7, 11) is 1.36. The van der Waals surface area contributed by atoms with Crippen molar-refractivity contribution in [1.82, 2.24) is 0 Å². The molecule has 0 fully saturated rings. The van der Waals surface area contributed by atoms with Crippen molar-refractivity contribution in [2.24, 2.45) is 5.41 Å². The van der Waals surface area contributed by atoms with Gasteiger partial charge in [-0.25, -0.2) is 0 Å². The van der Waals surface area contributed by atoms with Gasteiger partial charge in [-0.2, -0.15) is 0 Å². The average molecular weight is 160 g/mol. The van der Waals surface area contributed by atoms with Crippen molar-refractivity contribution in [2.45, 2.75) is 13.8 Å². The van der Waals surface area contributed by atoms with Crippen molar-refractivity contribution in [2.75, 3.05) is 13.7 Å². The average Bonchev–Trinajstić information content (AvgIpc) is 1.88. The van der Waals surface area contributed by atoms with Gasteiger partial charge in [-0.15, -0.1) is 0 Å². The summed E-state index contributed by atoms with van der Waals surface area (Å²) in [6, 6.07) is 0. The Bertz CT molecular complexity index is 171. The highest BCUT2D eigenvalue weighted by molar-refractivity contribution is 6.02. The van der Waals surface area contributed by atoms with Crippen LogP contribution in [-0.4, -0.2) is 30.6 Å². The zero-order valence-corrected chi connectivity index (χ0v) is 6.88. The number of carboxylic acids is 1. The summed E-state index contributed by atoms with van der Waals surface area (Å²) in [4.78, 5) is 21.5. The van der Waals surface area contributed by atoms with Crippen LogP contribution in [0.25, 0.3) is 0 Å². The van der Waals surface area contributed by atoms with Crippen LogP contribution in [0.5, 0.6) is 0 Å². The number of carboxylic acid groups (broad SMARTS) is 1. The molecule has 0 aliphatic carbocycles. The molecule has 4 heteroatoms. The van der Waals surface area contributed by atoms with E-state index in [1.807, 2.05) is 0 Å². The summed E-state index contributed by atoms with van der Waals surface area (Å²) in [5.41, 5.74) is -1.34. The molecule has 0 amide bonds. The molecule has 0 aromatic carbocycles. The van der Waals surface area contributed by atoms with E-state index in [4.69, 9.17) is 5.11 Å². The minimum atomic E-state index is -1.34. The van der Waals surface area contributed by atoms with E-state index >= 15 is 0 Å². The quantitative estimate of drug-likeness (QED) is 0.601. The Morgan fingerprint density at radius 2 is 1.91 bits per heavy atom. The number of methoxy groups -OCH3 is 1. The predicted molar refractivity (Wildman–Crippen MR) is 38.3 cm³/mol. The summed E-state index contributed by atoms with van der Waals surface area (Å²) in [5.74, 6) is -1.55. The monoisotopic (exact) mass is 160 g/mol. The van der Waals surface area contributed by atoms with E-state index in [1.54, 1.807) is 0 Å². The molecule has 0 saturated carbocycles. The molecule has 0 rings (SSSR count). The lowest BCUT2D eigenvalue weighted by atomic mass is 9.89. The van der Waals surface area contributed by atoms with Crippen LogP contribution in [0.3, 0.4) is 0 Å². The Balaban J connectivity index is 4.30. The highest BCUT2D eigenvalue weighted by Gasteiger charge is 2.35. The lowest BCUT2D eigenvalue weighted by molar-refractivity contribution is -0.153. The van der Waals surface area contributed by atoms with Gasteiger partial charge < -0.3 is 9.84 Å². The second-order valence-electron chi connectivity index (χ2n) is 2.79. The molecule has 0 unspecified atom stereocenters. The second-order valence-corrected chi connectivity index (χ2v) is 2.79. The molecule has 11 heavy (non-hydrogen) atoms. The van der Waals surface area contributed by atoms with Crippen LogP contribution in [0.4, 0.5) is 0 Å². The largest absolute Gasteiger partial charge is 0.481 e. The van der Waals surface area contributed by atoms with Gasteiger partial charge in [0.05, 0.1) is 0 Å². The fraction of sp³-hybridized carbons (Fsp3) is 0.714. The number of ketones is 1. The summed E-state index contributed by atoms with van der Waals surface area (Å²) in [6.07, 6.45) is 0. The van der Waals surface area contributed by atoms with Crippen LogP contribution in [0.2, 0.25) is 0 Å². The molecular formula is C7H12O4. The summed E-state index contributed by atoms with van der Waals surface area (Å²) < 4.78 is 4.53. The number of ether oxygens (including phenoxy) is 1. The predicted octanol–water partition coefficient (Wildman–Crippen LogP) is 0.313. The third-order valence-electron chi connectivity index (χ3n) is 1.51. The maximum absolute atomic E-state index is 11.0. The molecule has 0 aliphatic rings. The van der Waals surface area contributed by atoms with E-state index in [0.29, 0.717) is 0 Å². The first-order chi connectivity index (χ1) is 4.92. The van der Waals surface area contributed by atoms with E-state index < -0.39 is 17.2 Å². The van der Waals surface area contributed by atoms with Crippen LogP contribution in [0.1, 0.15) is 13.8 Å². The first-order valence-electron chi connectivity index (χ1n) is 3.18. The first kappa shape index (κ1) is 10.1. The molecule has 0 aromatic heterocycles. The van der Waals surface area contributed by atoms with Gasteiger partial charge in [0.1, 0.15) is 12.0 Å². The number of carbonyl (C=O) groups excluding carboxylic acids is 1. The van der Waals surface area contributed by atoms with Crippen molar-refractivity contribution in [3.05, 3.63) is 0 Å². The third-order valence-corrected chi connectivity index (χ3v) is 1.51. The molecule has 0 radical (unpaired) electrons. The van der Waals surface area contributed by atoms with Crippen LogP contribution in [-0.2, 0) is 14.3 Å².